The van der Waals surface area contributed by atoms with Gasteiger partial charge in [0, 0.05) is 19.0 Å². The Morgan fingerprint density at radius 3 is 2.46 bits per heavy atom. The van der Waals surface area contributed by atoms with Gasteiger partial charge in [-0.1, -0.05) is 17.9 Å². The van der Waals surface area contributed by atoms with Gasteiger partial charge in [-0.25, -0.2) is 8.78 Å². The van der Waals surface area contributed by atoms with E-state index in [1.165, 1.54) is 12.1 Å². The third-order valence-corrected chi connectivity index (χ3v) is 4.41. The van der Waals surface area contributed by atoms with E-state index < -0.39 is 17.0 Å². The SMILES string of the molecule is Nc1nnc(CCNC(=O)C2(c3cc(F)cc(F)c3)CCCC2)o1. The van der Waals surface area contributed by atoms with Crippen LogP contribution in [0.3, 0.4) is 0 Å². The molecule has 1 fully saturated rings. The van der Waals surface area contributed by atoms with Crippen molar-refractivity contribution in [2.75, 3.05) is 12.3 Å². The van der Waals surface area contributed by atoms with Crippen LogP contribution in [0.25, 0.3) is 0 Å². The molecule has 3 rings (SSSR count). The highest BCUT2D eigenvalue weighted by molar-refractivity contribution is 5.88. The molecule has 1 aliphatic carbocycles. The minimum Gasteiger partial charge on any atom is -0.408 e. The zero-order chi connectivity index (χ0) is 17.2. The smallest absolute Gasteiger partial charge is 0.312 e. The van der Waals surface area contributed by atoms with Gasteiger partial charge in [-0.3, -0.25) is 4.79 Å². The summed E-state index contributed by atoms with van der Waals surface area (Å²) >= 11 is 0. The van der Waals surface area contributed by atoms with Crippen LogP contribution in [0.15, 0.2) is 22.6 Å². The lowest BCUT2D eigenvalue weighted by Crippen LogP contribution is -2.43. The Bertz CT molecular complexity index is 721. The van der Waals surface area contributed by atoms with Gasteiger partial charge >= 0.3 is 6.01 Å². The van der Waals surface area contributed by atoms with Crippen LogP contribution in [0.1, 0.15) is 37.1 Å². The molecule has 24 heavy (non-hydrogen) atoms. The molecule has 0 atom stereocenters. The topological polar surface area (TPSA) is 94.0 Å². The monoisotopic (exact) mass is 336 g/mol. The van der Waals surface area contributed by atoms with Crippen molar-refractivity contribution in [2.45, 2.75) is 37.5 Å². The van der Waals surface area contributed by atoms with E-state index in [0.717, 1.165) is 18.9 Å². The molecule has 1 aromatic heterocycles. The van der Waals surface area contributed by atoms with Gasteiger partial charge in [-0.2, -0.15) is 0 Å². The van der Waals surface area contributed by atoms with Gasteiger partial charge in [0.15, 0.2) is 0 Å². The predicted octanol–water partition coefficient (Wildman–Crippen LogP) is 2.10. The maximum Gasteiger partial charge on any atom is 0.312 e. The van der Waals surface area contributed by atoms with Crippen molar-refractivity contribution in [3.05, 3.63) is 41.3 Å². The highest BCUT2D eigenvalue weighted by Crippen LogP contribution is 2.41. The van der Waals surface area contributed by atoms with E-state index in [1.54, 1.807) is 0 Å². The van der Waals surface area contributed by atoms with Crippen LogP contribution in [0.4, 0.5) is 14.8 Å². The van der Waals surface area contributed by atoms with Crippen LogP contribution in [0.5, 0.6) is 0 Å². The fourth-order valence-corrected chi connectivity index (χ4v) is 3.28. The fraction of sp³-hybridized carbons (Fsp3) is 0.438. The van der Waals surface area contributed by atoms with Gasteiger partial charge in [0.05, 0.1) is 5.41 Å². The number of halogens is 2. The molecule has 128 valence electrons. The molecule has 0 bridgehead atoms. The summed E-state index contributed by atoms with van der Waals surface area (Å²) in [6.45, 7) is 0.278. The minimum absolute atomic E-state index is 0.0289. The Morgan fingerprint density at radius 1 is 1.21 bits per heavy atom. The average Bonchev–Trinajstić information content (AvgIpc) is 3.16. The second kappa shape index (κ2) is 6.54. The summed E-state index contributed by atoms with van der Waals surface area (Å²) < 4.78 is 32.2. The number of anilines is 1. The molecule has 8 heteroatoms. The van der Waals surface area contributed by atoms with E-state index in [2.05, 4.69) is 15.5 Å². The van der Waals surface area contributed by atoms with Gasteiger partial charge < -0.3 is 15.5 Å². The number of nitrogens with zero attached hydrogens (tertiary/aromatic N) is 2. The summed E-state index contributed by atoms with van der Waals surface area (Å²) in [5.41, 5.74) is 4.83. The number of rotatable bonds is 5. The molecule has 0 spiro atoms. The lowest BCUT2D eigenvalue weighted by molar-refractivity contribution is -0.126. The van der Waals surface area contributed by atoms with Crippen LogP contribution in [-0.2, 0) is 16.6 Å². The van der Waals surface area contributed by atoms with Crippen molar-refractivity contribution in [2.24, 2.45) is 0 Å². The van der Waals surface area contributed by atoms with Crippen molar-refractivity contribution >= 4 is 11.9 Å². The van der Waals surface area contributed by atoms with Crippen LogP contribution < -0.4 is 11.1 Å². The molecule has 2 aromatic rings. The maximum atomic E-state index is 13.6. The fourth-order valence-electron chi connectivity index (χ4n) is 3.28. The molecule has 0 saturated heterocycles. The highest BCUT2D eigenvalue weighted by Gasteiger charge is 2.43. The maximum absolute atomic E-state index is 13.6. The van der Waals surface area contributed by atoms with E-state index in [0.29, 0.717) is 30.7 Å². The first-order valence-electron chi connectivity index (χ1n) is 7.82. The zero-order valence-corrected chi connectivity index (χ0v) is 13.0. The summed E-state index contributed by atoms with van der Waals surface area (Å²) in [7, 11) is 0. The molecule has 0 radical (unpaired) electrons. The van der Waals surface area contributed by atoms with E-state index in [9.17, 15) is 13.6 Å². The Morgan fingerprint density at radius 2 is 1.88 bits per heavy atom. The first kappa shape index (κ1) is 16.4. The Balaban J connectivity index is 1.73. The van der Waals surface area contributed by atoms with Gasteiger partial charge in [0.25, 0.3) is 0 Å². The number of carbonyl (C=O) groups is 1. The Kier molecular flexibility index (Phi) is 4.46. The van der Waals surface area contributed by atoms with E-state index >= 15 is 0 Å². The molecule has 1 aromatic carbocycles. The molecule has 1 aliphatic rings. The van der Waals surface area contributed by atoms with Gasteiger partial charge in [-0.05, 0) is 30.5 Å². The van der Waals surface area contributed by atoms with Crippen molar-refractivity contribution in [1.29, 1.82) is 0 Å². The lowest BCUT2D eigenvalue weighted by atomic mass is 9.78. The number of hydrogen-bond donors (Lipinski definition) is 2. The third-order valence-electron chi connectivity index (χ3n) is 4.41. The number of carbonyl (C=O) groups excluding carboxylic acids is 1. The van der Waals surface area contributed by atoms with Crippen LogP contribution in [-0.4, -0.2) is 22.6 Å². The molecule has 3 N–H and O–H groups in total. The first-order chi connectivity index (χ1) is 11.5. The molecule has 6 nitrogen and oxygen atoms in total. The molecule has 0 aliphatic heterocycles. The van der Waals surface area contributed by atoms with Gasteiger partial charge in [-0.15, -0.1) is 5.10 Å². The molecular weight excluding hydrogens is 318 g/mol. The number of nitrogen functional groups attached to an aromatic ring is 1. The Labute approximate surface area is 137 Å². The second-order valence-corrected chi connectivity index (χ2v) is 5.99. The Hall–Kier alpha value is -2.51. The molecule has 0 unspecified atom stereocenters. The number of nitrogens with two attached hydrogens (primary N) is 1. The average molecular weight is 336 g/mol. The second-order valence-electron chi connectivity index (χ2n) is 5.99. The van der Waals surface area contributed by atoms with E-state index in [4.69, 9.17) is 10.2 Å². The van der Waals surface area contributed by atoms with Gasteiger partial charge in [0.2, 0.25) is 11.8 Å². The predicted molar refractivity (Wildman–Crippen MR) is 81.9 cm³/mol. The summed E-state index contributed by atoms with van der Waals surface area (Å²) in [5.74, 6) is -1.27. The number of benzene rings is 1. The summed E-state index contributed by atoms with van der Waals surface area (Å²) in [5, 5.41) is 10.1. The normalized spacial score (nSPS) is 16.2. The molecule has 1 heterocycles. The summed E-state index contributed by atoms with van der Waals surface area (Å²) in [4.78, 5) is 12.7. The van der Waals surface area contributed by atoms with Crippen LogP contribution in [0, 0.1) is 11.6 Å². The van der Waals surface area contributed by atoms with E-state index in [-0.39, 0.29) is 18.5 Å². The van der Waals surface area contributed by atoms with E-state index in [1.807, 2.05) is 0 Å². The third kappa shape index (κ3) is 3.22. The standard InChI is InChI=1S/C16H18F2N4O2/c17-11-7-10(8-12(18)9-11)16(4-1-2-5-16)14(23)20-6-3-13-21-22-15(19)24-13/h7-9H,1-6H2,(H2,19,22)(H,20,23). The number of amides is 1. The van der Waals surface area contributed by atoms with Crippen LogP contribution in [0.2, 0.25) is 0 Å². The lowest BCUT2D eigenvalue weighted by Gasteiger charge is -2.28. The number of aromatic nitrogens is 2. The van der Waals surface area contributed by atoms with Crippen molar-refractivity contribution in [3.63, 3.8) is 0 Å². The van der Waals surface area contributed by atoms with Crippen molar-refractivity contribution < 1.29 is 18.0 Å². The van der Waals surface area contributed by atoms with Crippen molar-refractivity contribution in [3.8, 4) is 0 Å². The van der Waals surface area contributed by atoms with Crippen LogP contribution >= 0.6 is 0 Å². The zero-order valence-electron chi connectivity index (χ0n) is 13.0. The van der Waals surface area contributed by atoms with Gasteiger partial charge in [0.1, 0.15) is 11.6 Å². The first-order valence-corrected chi connectivity index (χ1v) is 7.82. The molecular formula is C16H18F2N4O2. The summed E-state index contributed by atoms with van der Waals surface area (Å²) in [6.07, 6.45) is 3.14. The summed E-state index contributed by atoms with van der Waals surface area (Å²) in [6, 6.07) is 3.27. The number of nitrogens with one attached hydrogen (secondary N) is 1. The molecule has 1 saturated carbocycles. The number of hydrogen-bond acceptors (Lipinski definition) is 5. The highest BCUT2D eigenvalue weighted by atomic mass is 19.1. The minimum atomic E-state index is -0.892. The van der Waals surface area contributed by atoms with Crippen molar-refractivity contribution in [1.82, 2.24) is 15.5 Å². The molecule has 1 amide bonds. The quantitative estimate of drug-likeness (QED) is 0.872. The largest absolute Gasteiger partial charge is 0.408 e.